The highest BCUT2D eigenvalue weighted by Crippen LogP contribution is 2.12. The fraction of sp³-hybridized carbons (Fsp3) is 0.462. The van der Waals surface area contributed by atoms with Gasteiger partial charge in [-0.3, -0.25) is 9.69 Å². The molecule has 5 heteroatoms. The minimum atomic E-state index is 0.0612. The van der Waals surface area contributed by atoms with Gasteiger partial charge in [-0.2, -0.15) is 0 Å². The Hall–Kier alpha value is -0.660. The van der Waals surface area contributed by atoms with Crippen molar-refractivity contribution < 1.29 is 4.79 Å². The molecule has 1 amide bonds. The number of benzene rings is 1. The molecule has 0 radical (unpaired) electrons. The molecule has 98 valence electrons. The third-order valence-corrected chi connectivity index (χ3v) is 3.60. The van der Waals surface area contributed by atoms with Gasteiger partial charge in [-0.05, 0) is 47.7 Å². The second-order valence-electron chi connectivity index (χ2n) is 4.65. The molecule has 0 saturated carbocycles. The lowest BCUT2D eigenvalue weighted by Crippen LogP contribution is -2.51. The largest absolute Gasteiger partial charge is 0.325 e. The zero-order chi connectivity index (χ0) is 13.0. The lowest BCUT2D eigenvalue weighted by Gasteiger charge is -2.31. The van der Waals surface area contributed by atoms with Crippen LogP contribution < -0.4 is 10.6 Å². The summed E-state index contributed by atoms with van der Waals surface area (Å²) in [7, 11) is 0. The SMILES string of the molecule is CC1CN(CC(=O)Nc2cccc(I)c2)CCN1. The van der Waals surface area contributed by atoms with E-state index in [0.717, 1.165) is 28.9 Å². The lowest BCUT2D eigenvalue weighted by molar-refractivity contribution is -0.117. The summed E-state index contributed by atoms with van der Waals surface area (Å²) in [6.07, 6.45) is 0. The van der Waals surface area contributed by atoms with E-state index in [9.17, 15) is 4.79 Å². The van der Waals surface area contributed by atoms with Gasteiger partial charge in [-0.25, -0.2) is 0 Å². The Labute approximate surface area is 121 Å². The second kappa shape index (κ2) is 6.49. The molecule has 0 bridgehead atoms. The maximum absolute atomic E-state index is 11.9. The van der Waals surface area contributed by atoms with Gasteiger partial charge in [-0.15, -0.1) is 0 Å². The number of carbonyl (C=O) groups excluding carboxylic acids is 1. The van der Waals surface area contributed by atoms with E-state index in [2.05, 4.69) is 45.0 Å². The van der Waals surface area contributed by atoms with E-state index in [4.69, 9.17) is 0 Å². The number of carbonyl (C=O) groups is 1. The first kappa shape index (κ1) is 13.8. The molecule has 1 heterocycles. The standard InChI is InChI=1S/C13H18IN3O/c1-10-8-17(6-5-15-10)9-13(18)16-12-4-2-3-11(14)7-12/h2-4,7,10,15H,5-6,8-9H2,1H3,(H,16,18). The number of nitrogens with one attached hydrogen (secondary N) is 2. The summed E-state index contributed by atoms with van der Waals surface area (Å²) in [4.78, 5) is 14.1. The average Bonchev–Trinajstić information content (AvgIpc) is 2.28. The third-order valence-electron chi connectivity index (χ3n) is 2.93. The van der Waals surface area contributed by atoms with E-state index < -0.39 is 0 Å². The molecule has 1 aromatic rings. The number of nitrogens with zero attached hydrogens (tertiary/aromatic N) is 1. The van der Waals surface area contributed by atoms with E-state index in [-0.39, 0.29) is 5.91 Å². The molecule has 2 rings (SSSR count). The molecule has 1 saturated heterocycles. The first-order valence-corrected chi connectivity index (χ1v) is 7.22. The van der Waals surface area contributed by atoms with Crippen molar-refractivity contribution in [3.8, 4) is 0 Å². The fourth-order valence-corrected chi connectivity index (χ4v) is 2.67. The summed E-state index contributed by atoms with van der Waals surface area (Å²) < 4.78 is 1.13. The van der Waals surface area contributed by atoms with Gasteiger partial charge in [0.15, 0.2) is 0 Å². The van der Waals surface area contributed by atoms with Crippen molar-refractivity contribution in [2.75, 3.05) is 31.5 Å². The number of halogens is 1. The molecule has 1 aromatic carbocycles. The predicted molar refractivity (Wildman–Crippen MR) is 81.7 cm³/mol. The molecule has 0 aliphatic carbocycles. The first-order chi connectivity index (χ1) is 8.63. The molecule has 1 aliphatic rings. The zero-order valence-corrected chi connectivity index (χ0v) is 12.6. The summed E-state index contributed by atoms with van der Waals surface area (Å²) in [5.41, 5.74) is 0.870. The Morgan fingerprint density at radius 3 is 3.17 bits per heavy atom. The van der Waals surface area contributed by atoms with Gasteiger partial charge in [0.1, 0.15) is 0 Å². The molecule has 0 aromatic heterocycles. The summed E-state index contributed by atoms with van der Waals surface area (Å²) in [5.74, 6) is 0.0612. The number of hydrogen-bond acceptors (Lipinski definition) is 3. The van der Waals surface area contributed by atoms with Crippen molar-refractivity contribution in [1.29, 1.82) is 0 Å². The Kier molecular flexibility index (Phi) is 4.96. The molecule has 1 aliphatic heterocycles. The highest BCUT2D eigenvalue weighted by Gasteiger charge is 2.17. The van der Waals surface area contributed by atoms with Gasteiger partial charge in [0.2, 0.25) is 5.91 Å². The molecule has 0 spiro atoms. The molecule has 1 fully saturated rings. The molecule has 18 heavy (non-hydrogen) atoms. The maximum Gasteiger partial charge on any atom is 0.238 e. The van der Waals surface area contributed by atoms with Crippen molar-refractivity contribution >= 4 is 34.2 Å². The van der Waals surface area contributed by atoms with Gasteiger partial charge < -0.3 is 10.6 Å². The van der Waals surface area contributed by atoms with E-state index >= 15 is 0 Å². The summed E-state index contributed by atoms with van der Waals surface area (Å²) >= 11 is 2.24. The Morgan fingerprint density at radius 1 is 1.61 bits per heavy atom. The fourth-order valence-electron chi connectivity index (χ4n) is 2.13. The quantitative estimate of drug-likeness (QED) is 0.805. The smallest absolute Gasteiger partial charge is 0.238 e. The first-order valence-electron chi connectivity index (χ1n) is 6.14. The Morgan fingerprint density at radius 2 is 2.44 bits per heavy atom. The summed E-state index contributed by atoms with van der Waals surface area (Å²) in [6.45, 7) is 5.43. The van der Waals surface area contributed by atoms with Crippen LogP contribution in [0.3, 0.4) is 0 Å². The normalized spacial score (nSPS) is 20.7. The monoisotopic (exact) mass is 359 g/mol. The van der Waals surface area contributed by atoms with E-state index in [1.54, 1.807) is 0 Å². The van der Waals surface area contributed by atoms with E-state index in [1.165, 1.54) is 0 Å². The van der Waals surface area contributed by atoms with Crippen LogP contribution in [0.1, 0.15) is 6.92 Å². The maximum atomic E-state index is 11.9. The van der Waals surface area contributed by atoms with Gasteiger partial charge in [0.25, 0.3) is 0 Å². The molecular formula is C13H18IN3O. The van der Waals surface area contributed by atoms with Crippen molar-refractivity contribution in [1.82, 2.24) is 10.2 Å². The minimum Gasteiger partial charge on any atom is -0.325 e. The average molecular weight is 359 g/mol. The van der Waals surface area contributed by atoms with Crippen molar-refractivity contribution in [2.24, 2.45) is 0 Å². The molecular weight excluding hydrogens is 341 g/mol. The Balaban J connectivity index is 1.85. The van der Waals surface area contributed by atoms with Gasteiger partial charge in [-0.1, -0.05) is 6.07 Å². The van der Waals surface area contributed by atoms with Crippen LogP contribution in [0.5, 0.6) is 0 Å². The van der Waals surface area contributed by atoms with Crippen molar-refractivity contribution in [2.45, 2.75) is 13.0 Å². The van der Waals surface area contributed by atoms with Crippen LogP contribution in [0, 0.1) is 3.57 Å². The highest BCUT2D eigenvalue weighted by atomic mass is 127. The summed E-state index contributed by atoms with van der Waals surface area (Å²) in [5, 5.41) is 6.31. The third kappa shape index (κ3) is 4.22. The zero-order valence-electron chi connectivity index (χ0n) is 10.4. The number of rotatable bonds is 3. The number of piperazine rings is 1. The van der Waals surface area contributed by atoms with Crippen molar-refractivity contribution in [3.05, 3.63) is 27.8 Å². The minimum absolute atomic E-state index is 0.0612. The van der Waals surface area contributed by atoms with Gasteiger partial charge in [0.05, 0.1) is 6.54 Å². The molecule has 4 nitrogen and oxygen atoms in total. The summed E-state index contributed by atoms with van der Waals surface area (Å²) in [6, 6.07) is 8.31. The number of hydrogen-bond donors (Lipinski definition) is 2. The molecule has 2 N–H and O–H groups in total. The topological polar surface area (TPSA) is 44.4 Å². The van der Waals surface area contributed by atoms with Crippen LogP contribution in [0.2, 0.25) is 0 Å². The van der Waals surface area contributed by atoms with E-state index in [1.807, 2.05) is 24.3 Å². The number of amides is 1. The van der Waals surface area contributed by atoms with Crippen LogP contribution in [-0.4, -0.2) is 43.0 Å². The highest BCUT2D eigenvalue weighted by molar-refractivity contribution is 14.1. The van der Waals surface area contributed by atoms with E-state index in [0.29, 0.717) is 12.6 Å². The van der Waals surface area contributed by atoms with Crippen LogP contribution >= 0.6 is 22.6 Å². The van der Waals surface area contributed by atoms with Gasteiger partial charge >= 0.3 is 0 Å². The Bertz CT molecular complexity index is 424. The predicted octanol–water partition coefficient (Wildman–Crippen LogP) is 1.52. The van der Waals surface area contributed by atoms with Crippen LogP contribution in [0.25, 0.3) is 0 Å². The molecule has 1 atom stereocenters. The number of anilines is 1. The van der Waals surface area contributed by atoms with Gasteiger partial charge in [0, 0.05) is 34.9 Å². The van der Waals surface area contributed by atoms with Crippen LogP contribution in [0.15, 0.2) is 24.3 Å². The van der Waals surface area contributed by atoms with Crippen LogP contribution in [0.4, 0.5) is 5.69 Å². The lowest BCUT2D eigenvalue weighted by atomic mass is 10.2. The van der Waals surface area contributed by atoms with Crippen molar-refractivity contribution in [3.63, 3.8) is 0 Å². The second-order valence-corrected chi connectivity index (χ2v) is 5.89. The van der Waals surface area contributed by atoms with Crippen LogP contribution in [-0.2, 0) is 4.79 Å². The molecule has 1 unspecified atom stereocenters.